The van der Waals surface area contributed by atoms with Gasteiger partial charge in [-0.1, -0.05) is 26.0 Å². The molecule has 2 unspecified atom stereocenters. The normalized spacial score (nSPS) is 19.9. The summed E-state index contributed by atoms with van der Waals surface area (Å²) in [6.07, 6.45) is 3.99. The Hall–Kier alpha value is -1.51. The molecule has 0 bridgehead atoms. The first-order chi connectivity index (χ1) is 9.65. The molecule has 3 heteroatoms. The molecular weight excluding hydrogens is 250 g/mol. The van der Waals surface area contributed by atoms with Crippen molar-refractivity contribution in [2.45, 2.75) is 51.5 Å². The van der Waals surface area contributed by atoms with Crippen molar-refractivity contribution < 1.29 is 9.53 Å². The van der Waals surface area contributed by atoms with Crippen molar-refractivity contribution in [1.29, 1.82) is 0 Å². The van der Waals surface area contributed by atoms with E-state index in [1.807, 2.05) is 12.1 Å². The molecule has 0 spiro atoms. The van der Waals surface area contributed by atoms with Crippen LogP contribution in [0.3, 0.4) is 0 Å². The van der Waals surface area contributed by atoms with Crippen LogP contribution < -0.4 is 4.74 Å². The van der Waals surface area contributed by atoms with Crippen LogP contribution in [0.2, 0.25) is 0 Å². The van der Waals surface area contributed by atoms with Crippen molar-refractivity contribution >= 4 is 5.91 Å². The smallest absolute Gasteiger partial charge is 0.223 e. The van der Waals surface area contributed by atoms with Gasteiger partial charge >= 0.3 is 0 Å². The molecule has 1 aliphatic heterocycles. The first kappa shape index (κ1) is 14.9. The monoisotopic (exact) mass is 275 g/mol. The lowest BCUT2D eigenvalue weighted by molar-refractivity contribution is -0.132. The molecule has 1 fully saturated rings. The largest absolute Gasteiger partial charge is 0.497 e. The molecule has 1 aliphatic rings. The van der Waals surface area contributed by atoms with E-state index in [0.717, 1.165) is 25.1 Å². The van der Waals surface area contributed by atoms with Gasteiger partial charge in [-0.25, -0.2) is 0 Å². The SMILES string of the molecule is CCC1CCCN1C(=O)CC(C)c1ccc(OC)cc1. The number of nitrogens with zero attached hydrogens (tertiary/aromatic N) is 1. The van der Waals surface area contributed by atoms with E-state index in [1.165, 1.54) is 12.0 Å². The number of benzene rings is 1. The molecule has 0 aromatic heterocycles. The van der Waals surface area contributed by atoms with E-state index < -0.39 is 0 Å². The standard InChI is InChI=1S/C17H25NO2/c1-4-15-6-5-11-18(15)17(19)12-13(2)14-7-9-16(20-3)10-8-14/h7-10,13,15H,4-6,11-12H2,1-3H3. The molecular formula is C17H25NO2. The Morgan fingerprint density at radius 2 is 2.10 bits per heavy atom. The first-order valence-electron chi connectivity index (χ1n) is 7.59. The number of carbonyl (C=O) groups excluding carboxylic acids is 1. The minimum Gasteiger partial charge on any atom is -0.497 e. The summed E-state index contributed by atoms with van der Waals surface area (Å²) in [6, 6.07) is 8.49. The quantitative estimate of drug-likeness (QED) is 0.822. The van der Waals surface area contributed by atoms with Gasteiger partial charge in [0.25, 0.3) is 0 Å². The first-order valence-corrected chi connectivity index (χ1v) is 7.59. The Labute approximate surface area is 121 Å². The van der Waals surface area contributed by atoms with Crippen molar-refractivity contribution in [3.8, 4) is 5.75 Å². The molecule has 0 radical (unpaired) electrons. The van der Waals surface area contributed by atoms with E-state index in [4.69, 9.17) is 4.74 Å². The summed E-state index contributed by atoms with van der Waals surface area (Å²) < 4.78 is 5.16. The molecule has 2 rings (SSSR count). The summed E-state index contributed by atoms with van der Waals surface area (Å²) in [7, 11) is 1.67. The van der Waals surface area contributed by atoms with Crippen LogP contribution in [0.25, 0.3) is 0 Å². The van der Waals surface area contributed by atoms with E-state index in [-0.39, 0.29) is 5.92 Å². The zero-order valence-corrected chi connectivity index (χ0v) is 12.8. The van der Waals surface area contributed by atoms with E-state index in [9.17, 15) is 4.79 Å². The fourth-order valence-electron chi connectivity index (χ4n) is 3.02. The molecule has 1 saturated heterocycles. The van der Waals surface area contributed by atoms with Crippen molar-refractivity contribution in [1.82, 2.24) is 4.90 Å². The second kappa shape index (κ2) is 6.78. The van der Waals surface area contributed by atoms with Gasteiger partial charge in [0.15, 0.2) is 0 Å². The summed E-state index contributed by atoms with van der Waals surface area (Å²) in [5, 5.41) is 0. The van der Waals surface area contributed by atoms with Gasteiger partial charge in [-0.2, -0.15) is 0 Å². The molecule has 3 nitrogen and oxygen atoms in total. The van der Waals surface area contributed by atoms with Gasteiger partial charge < -0.3 is 9.64 Å². The molecule has 2 atom stereocenters. The third kappa shape index (κ3) is 3.33. The average Bonchev–Trinajstić information content (AvgIpc) is 2.95. The molecule has 20 heavy (non-hydrogen) atoms. The lowest BCUT2D eigenvalue weighted by Gasteiger charge is -2.25. The fraction of sp³-hybridized carbons (Fsp3) is 0.588. The summed E-state index contributed by atoms with van der Waals surface area (Å²) in [6.45, 7) is 5.23. The van der Waals surface area contributed by atoms with Gasteiger partial charge in [0, 0.05) is 19.0 Å². The van der Waals surface area contributed by atoms with Crippen LogP contribution in [0.1, 0.15) is 51.0 Å². The molecule has 1 amide bonds. The topological polar surface area (TPSA) is 29.5 Å². The van der Waals surface area contributed by atoms with Crippen LogP contribution in [-0.4, -0.2) is 30.5 Å². The van der Waals surface area contributed by atoms with Gasteiger partial charge in [-0.15, -0.1) is 0 Å². The van der Waals surface area contributed by atoms with E-state index in [0.29, 0.717) is 18.4 Å². The molecule has 0 aliphatic carbocycles. The Balaban J connectivity index is 1.96. The van der Waals surface area contributed by atoms with Crippen molar-refractivity contribution in [3.63, 3.8) is 0 Å². The Morgan fingerprint density at radius 3 is 2.70 bits per heavy atom. The highest BCUT2D eigenvalue weighted by Crippen LogP contribution is 2.26. The maximum absolute atomic E-state index is 12.4. The minimum absolute atomic E-state index is 0.256. The van der Waals surface area contributed by atoms with Crippen LogP contribution in [0.5, 0.6) is 5.75 Å². The maximum atomic E-state index is 12.4. The van der Waals surface area contributed by atoms with Gasteiger partial charge in [0.05, 0.1) is 7.11 Å². The highest BCUT2D eigenvalue weighted by atomic mass is 16.5. The van der Waals surface area contributed by atoms with Crippen LogP contribution >= 0.6 is 0 Å². The Kier molecular flexibility index (Phi) is 5.05. The van der Waals surface area contributed by atoms with Crippen molar-refractivity contribution in [3.05, 3.63) is 29.8 Å². The predicted molar refractivity (Wildman–Crippen MR) is 81.1 cm³/mol. The van der Waals surface area contributed by atoms with Gasteiger partial charge in [-0.05, 0) is 42.9 Å². The van der Waals surface area contributed by atoms with Crippen molar-refractivity contribution in [2.75, 3.05) is 13.7 Å². The molecule has 0 saturated carbocycles. The molecule has 0 N–H and O–H groups in total. The fourth-order valence-corrected chi connectivity index (χ4v) is 3.02. The van der Waals surface area contributed by atoms with Gasteiger partial charge in [0.2, 0.25) is 5.91 Å². The number of likely N-dealkylation sites (tertiary alicyclic amines) is 1. The average molecular weight is 275 g/mol. The molecule has 1 aromatic rings. The zero-order valence-electron chi connectivity index (χ0n) is 12.8. The van der Waals surface area contributed by atoms with Gasteiger partial charge in [0.1, 0.15) is 5.75 Å². The second-order valence-electron chi connectivity index (χ2n) is 5.67. The number of amides is 1. The third-order valence-corrected chi connectivity index (χ3v) is 4.33. The summed E-state index contributed by atoms with van der Waals surface area (Å²) in [4.78, 5) is 14.5. The summed E-state index contributed by atoms with van der Waals surface area (Å²) in [5.41, 5.74) is 1.20. The zero-order chi connectivity index (χ0) is 14.5. The Morgan fingerprint density at radius 1 is 1.40 bits per heavy atom. The van der Waals surface area contributed by atoms with Crippen molar-refractivity contribution in [2.24, 2.45) is 0 Å². The number of rotatable bonds is 5. The number of ether oxygens (including phenoxy) is 1. The van der Waals surface area contributed by atoms with E-state index in [1.54, 1.807) is 7.11 Å². The van der Waals surface area contributed by atoms with E-state index >= 15 is 0 Å². The van der Waals surface area contributed by atoms with Crippen LogP contribution in [-0.2, 0) is 4.79 Å². The van der Waals surface area contributed by atoms with Crippen LogP contribution in [0.15, 0.2) is 24.3 Å². The van der Waals surface area contributed by atoms with Gasteiger partial charge in [-0.3, -0.25) is 4.79 Å². The van der Waals surface area contributed by atoms with Crippen LogP contribution in [0.4, 0.5) is 0 Å². The number of carbonyl (C=O) groups is 1. The predicted octanol–water partition coefficient (Wildman–Crippen LogP) is 3.59. The number of methoxy groups -OCH3 is 1. The molecule has 1 aromatic carbocycles. The van der Waals surface area contributed by atoms with Crippen LogP contribution in [0, 0.1) is 0 Å². The maximum Gasteiger partial charge on any atom is 0.223 e. The lowest BCUT2D eigenvalue weighted by Crippen LogP contribution is -2.35. The number of hydrogen-bond donors (Lipinski definition) is 0. The summed E-state index contributed by atoms with van der Waals surface area (Å²) in [5.74, 6) is 1.42. The van der Waals surface area contributed by atoms with E-state index in [2.05, 4.69) is 30.9 Å². The number of hydrogen-bond acceptors (Lipinski definition) is 2. The second-order valence-corrected chi connectivity index (χ2v) is 5.67. The lowest BCUT2D eigenvalue weighted by atomic mass is 9.97. The molecule has 1 heterocycles. The summed E-state index contributed by atoms with van der Waals surface area (Å²) >= 11 is 0. The highest BCUT2D eigenvalue weighted by molar-refractivity contribution is 5.77. The Bertz CT molecular complexity index is 441. The minimum atomic E-state index is 0.256. The third-order valence-electron chi connectivity index (χ3n) is 4.33. The molecule has 110 valence electrons. The highest BCUT2D eigenvalue weighted by Gasteiger charge is 2.27.